The number of hydrogen-bond donors (Lipinski definition) is 4. The predicted molar refractivity (Wildman–Crippen MR) is 101 cm³/mol. The third-order valence-electron chi connectivity index (χ3n) is 3.64. The number of carbonyl (C=O) groups excluding carboxylic acids is 2. The van der Waals surface area contributed by atoms with Crippen LogP contribution in [0.15, 0.2) is 24.3 Å². The normalized spacial score (nSPS) is 11.1. The molecular formula is C19H26N4O3. The number of nitrogens with one attached hydrogen (secondary N) is 3. The van der Waals surface area contributed by atoms with Gasteiger partial charge in [-0.3, -0.25) is 5.41 Å². The fraction of sp³-hybridized carbons (Fsp3) is 0.421. The number of urea groups is 1. The van der Waals surface area contributed by atoms with Crippen LogP contribution in [-0.4, -0.2) is 37.0 Å². The van der Waals surface area contributed by atoms with Gasteiger partial charge in [-0.05, 0) is 31.7 Å². The largest absolute Gasteiger partial charge is 0.464 e. The highest BCUT2D eigenvalue weighted by Gasteiger charge is 2.20. The minimum atomic E-state index is -0.834. The Bertz CT molecular complexity index is 650. The third kappa shape index (κ3) is 7.71. The van der Waals surface area contributed by atoms with Gasteiger partial charge in [-0.2, -0.15) is 0 Å². The van der Waals surface area contributed by atoms with Crippen LogP contribution in [0.4, 0.5) is 4.79 Å². The molecule has 0 aliphatic heterocycles. The van der Waals surface area contributed by atoms with E-state index in [0.717, 1.165) is 24.8 Å². The molecule has 0 aliphatic rings. The highest BCUT2D eigenvalue weighted by Crippen LogP contribution is 2.07. The average Bonchev–Trinajstić information content (AvgIpc) is 2.61. The summed E-state index contributed by atoms with van der Waals surface area (Å²) in [6.07, 6.45) is 7.85. The smallest absolute Gasteiger partial charge is 0.329 e. The first-order valence-electron chi connectivity index (χ1n) is 8.55. The minimum Gasteiger partial charge on any atom is -0.464 e. The van der Waals surface area contributed by atoms with Crippen LogP contribution < -0.4 is 16.4 Å². The van der Waals surface area contributed by atoms with Crippen LogP contribution in [-0.2, 0) is 16.0 Å². The van der Waals surface area contributed by atoms with Gasteiger partial charge in [0.05, 0.1) is 6.61 Å². The number of aryl methyl sites for hydroxylation is 1. The maximum Gasteiger partial charge on any atom is 0.329 e. The first-order chi connectivity index (χ1) is 12.5. The molecule has 140 valence electrons. The summed E-state index contributed by atoms with van der Waals surface area (Å²) in [5.41, 5.74) is 7.27. The van der Waals surface area contributed by atoms with E-state index >= 15 is 0 Å². The highest BCUT2D eigenvalue weighted by atomic mass is 16.5. The molecule has 1 rings (SSSR count). The second-order valence-electron chi connectivity index (χ2n) is 5.68. The number of nitrogen functional groups attached to an aromatic ring is 1. The van der Waals surface area contributed by atoms with Crippen LogP contribution in [0.5, 0.6) is 0 Å². The Hall–Kier alpha value is -3.01. The zero-order chi connectivity index (χ0) is 19.4. The van der Waals surface area contributed by atoms with Crippen molar-refractivity contribution in [3.8, 4) is 12.3 Å². The summed E-state index contributed by atoms with van der Waals surface area (Å²) in [5.74, 6) is 1.87. The molecule has 0 spiro atoms. The summed E-state index contributed by atoms with van der Waals surface area (Å²) < 4.78 is 4.87. The van der Waals surface area contributed by atoms with Crippen molar-refractivity contribution in [2.45, 2.75) is 38.6 Å². The number of ether oxygens (including phenoxy) is 1. The van der Waals surface area contributed by atoms with Gasteiger partial charge in [-0.25, -0.2) is 9.59 Å². The maximum absolute atomic E-state index is 11.8. The molecular weight excluding hydrogens is 332 g/mol. The van der Waals surface area contributed by atoms with Crippen LogP contribution in [0, 0.1) is 17.8 Å². The number of amides is 2. The van der Waals surface area contributed by atoms with Crippen molar-refractivity contribution in [1.29, 1.82) is 5.41 Å². The molecule has 1 atom stereocenters. The second-order valence-corrected chi connectivity index (χ2v) is 5.68. The number of esters is 1. The zero-order valence-corrected chi connectivity index (χ0v) is 15.0. The fourth-order valence-corrected chi connectivity index (χ4v) is 2.27. The third-order valence-corrected chi connectivity index (χ3v) is 3.64. The van der Waals surface area contributed by atoms with E-state index in [1.807, 2.05) is 24.3 Å². The van der Waals surface area contributed by atoms with Gasteiger partial charge in [-0.1, -0.05) is 24.3 Å². The predicted octanol–water partition coefficient (Wildman–Crippen LogP) is 1.55. The molecule has 26 heavy (non-hydrogen) atoms. The minimum absolute atomic E-state index is 0.0534. The lowest BCUT2D eigenvalue weighted by Gasteiger charge is -2.15. The molecule has 0 saturated carbocycles. The summed E-state index contributed by atoms with van der Waals surface area (Å²) in [7, 11) is 0. The number of hydrogen-bond acceptors (Lipinski definition) is 4. The maximum atomic E-state index is 11.8. The first-order valence-corrected chi connectivity index (χ1v) is 8.55. The number of rotatable bonds is 10. The van der Waals surface area contributed by atoms with Gasteiger partial charge in [0.25, 0.3) is 0 Å². The Morgan fingerprint density at radius 3 is 2.58 bits per heavy atom. The van der Waals surface area contributed by atoms with E-state index in [1.165, 1.54) is 0 Å². The van der Waals surface area contributed by atoms with Crippen LogP contribution in [0.1, 0.15) is 37.3 Å². The Balaban J connectivity index is 2.27. The van der Waals surface area contributed by atoms with Crippen molar-refractivity contribution < 1.29 is 14.3 Å². The second kappa shape index (κ2) is 11.5. The Morgan fingerprint density at radius 2 is 2.00 bits per heavy atom. The molecule has 7 heteroatoms. The van der Waals surface area contributed by atoms with Gasteiger partial charge in [0.2, 0.25) is 0 Å². The SMILES string of the molecule is C#CCC(NC(=O)NCCCCc1ccc(C(=N)N)cc1)C(=O)OCC. The van der Waals surface area contributed by atoms with Crippen LogP contribution in [0.25, 0.3) is 0 Å². The molecule has 0 bridgehead atoms. The van der Waals surface area contributed by atoms with Crippen molar-refractivity contribution in [3.63, 3.8) is 0 Å². The van der Waals surface area contributed by atoms with Crippen LogP contribution >= 0.6 is 0 Å². The molecule has 0 aromatic heterocycles. The molecule has 5 N–H and O–H groups in total. The van der Waals surface area contributed by atoms with E-state index in [0.29, 0.717) is 12.1 Å². The van der Waals surface area contributed by atoms with E-state index in [2.05, 4.69) is 16.6 Å². The lowest BCUT2D eigenvalue weighted by molar-refractivity contribution is -0.145. The molecule has 0 fully saturated rings. The molecule has 7 nitrogen and oxygen atoms in total. The summed E-state index contributed by atoms with van der Waals surface area (Å²) >= 11 is 0. The summed E-state index contributed by atoms with van der Waals surface area (Å²) in [5, 5.41) is 12.6. The van der Waals surface area contributed by atoms with Gasteiger partial charge < -0.3 is 21.1 Å². The molecule has 1 aromatic rings. The standard InChI is InChI=1S/C19H26N4O3/c1-3-7-16(18(24)26-4-2)23-19(25)22-13-6-5-8-14-9-11-15(12-10-14)17(20)21/h1,9-12,16H,4-8,13H2,2H3,(H3,20,21)(H2,22,23,25). The lowest BCUT2D eigenvalue weighted by atomic mass is 10.1. The number of carbonyl (C=O) groups is 2. The topological polar surface area (TPSA) is 117 Å². The molecule has 0 radical (unpaired) electrons. The quantitative estimate of drug-likeness (QED) is 0.167. The monoisotopic (exact) mass is 358 g/mol. The van der Waals surface area contributed by atoms with E-state index < -0.39 is 18.0 Å². The van der Waals surface area contributed by atoms with Gasteiger partial charge in [0.15, 0.2) is 0 Å². The van der Waals surface area contributed by atoms with Crippen LogP contribution in [0.3, 0.4) is 0 Å². The van der Waals surface area contributed by atoms with Crippen molar-refractivity contribution in [3.05, 3.63) is 35.4 Å². The van der Waals surface area contributed by atoms with E-state index in [1.54, 1.807) is 6.92 Å². The van der Waals surface area contributed by atoms with Crippen molar-refractivity contribution >= 4 is 17.8 Å². The molecule has 0 aliphatic carbocycles. The Labute approximate surface area is 154 Å². The lowest BCUT2D eigenvalue weighted by Crippen LogP contribution is -2.46. The van der Waals surface area contributed by atoms with Gasteiger partial charge >= 0.3 is 12.0 Å². The van der Waals surface area contributed by atoms with Gasteiger partial charge in [0.1, 0.15) is 11.9 Å². The molecule has 1 unspecified atom stereocenters. The highest BCUT2D eigenvalue weighted by molar-refractivity contribution is 5.94. The van der Waals surface area contributed by atoms with Gasteiger partial charge in [0, 0.05) is 18.5 Å². The summed E-state index contributed by atoms with van der Waals surface area (Å²) in [6.45, 7) is 2.41. The fourth-order valence-electron chi connectivity index (χ4n) is 2.27. The Kier molecular flexibility index (Phi) is 9.33. The number of unbranched alkanes of at least 4 members (excludes halogenated alkanes) is 1. The molecule has 0 heterocycles. The Morgan fingerprint density at radius 1 is 1.31 bits per heavy atom. The van der Waals surface area contributed by atoms with E-state index in [4.69, 9.17) is 22.3 Å². The van der Waals surface area contributed by atoms with Crippen molar-refractivity contribution in [2.75, 3.05) is 13.2 Å². The summed E-state index contributed by atoms with van der Waals surface area (Å²) in [6, 6.07) is 6.26. The number of benzene rings is 1. The molecule has 2 amide bonds. The number of terminal acetylenes is 1. The molecule has 0 saturated heterocycles. The van der Waals surface area contributed by atoms with Gasteiger partial charge in [-0.15, -0.1) is 12.3 Å². The van der Waals surface area contributed by atoms with E-state index in [9.17, 15) is 9.59 Å². The van der Waals surface area contributed by atoms with E-state index in [-0.39, 0.29) is 18.9 Å². The summed E-state index contributed by atoms with van der Waals surface area (Å²) in [4.78, 5) is 23.5. The van der Waals surface area contributed by atoms with Crippen molar-refractivity contribution in [2.24, 2.45) is 5.73 Å². The zero-order valence-electron chi connectivity index (χ0n) is 15.0. The molecule has 1 aromatic carbocycles. The first kappa shape index (κ1) is 21.0. The average molecular weight is 358 g/mol. The number of nitrogens with two attached hydrogens (primary N) is 1. The van der Waals surface area contributed by atoms with Crippen LogP contribution in [0.2, 0.25) is 0 Å². The van der Waals surface area contributed by atoms with Crippen molar-refractivity contribution in [1.82, 2.24) is 10.6 Å². The number of amidine groups is 1.